The average Bonchev–Trinajstić information content (AvgIpc) is 3.00. The van der Waals surface area contributed by atoms with Gasteiger partial charge in [0, 0.05) is 29.1 Å². The fourth-order valence-electron chi connectivity index (χ4n) is 5.67. The summed E-state index contributed by atoms with van der Waals surface area (Å²) in [5.74, 6) is 3.55. The van der Waals surface area contributed by atoms with Gasteiger partial charge >= 0.3 is 0 Å². The van der Waals surface area contributed by atoms with Gasteiger partial charge in [0.05, 0.1) is 11.4 Å². The van der Waals surface area contributed by atoms with Crippen molar-refractivity contribution in [3.05, 3.63) is 143 Å². The molecule has 0 aliphatic carbocycles. The molecule has 0 unspecified atom stereocenters. The van der Waals surface area contributed by atoms with Gasteiger partial charge in [0.1, 0.15) is 8.07 Å². The zero-order chi connectivity index (χ0) is 31.4. The summed E-state index contributed by atoms with van der Waals surface area (Å²) in [7, 11) is -1.52. The molecule has 0 aliphatic rings. The van der Waals surface area contributed by atoms with Gasteiger partial charge in [-0.2, -0.15) is 0 Å². The van der Waals surface area contributed by atoms with Gasteiger partial charge in [-0.1, -0.05) is 132 Å². The Morgan fingerprint density at radius 1 is 0.568 bits per heavy atom. The summed E-state index contributed by atoms with van der Waals surface area (Å²) in [6.07, 6.45) is 5.91. The predicted molar refractivity (Wildman–Crippen MR) is 189 cm³/mol. The van der Waals surface area contributed by atoms with E-state index in [4.69, 9.17) is 9.97 Å². The van der Waals surface area contributed by atoms with Crippen molar-refractivity contribution in [1.29, 1.82) is 0 Å². The standard InChI is InChI=1S/C41H44N2Si/c1-40(2,36-18-20-38(42-29-36)34-14-10-8-11-15-34)27-32-24-31(22-23-44(5,6)7)25-33(26-32)28-41(3,4)37-19-21-39(43-30-37)35-16-12-9-13-17-35/h8-21,24-26,29-30H,27-28H2,1-7H3. The average molecular weight is 593 g/mol. The van der Waals surface area contributed by atoms with E-state index >= 15 is 0 Å². The van der Waals surface area contributed by atoms with Crippen LogP contribution in [0.4, 0.5) is 0 Å². The SMILES string of the molecule is CC(C)(Cc1cc(C#C[Si](C)(C)C)cc(CC(C)(C)c2ccc(-c3ccccc3)nc2)c1)c1ccc(-c2ccccc2)nc1. The van der Waals surface area contributed by atoms with Gasteiger partial charge in [0.2, 0.25) is 0 Å². The van der Waals surface area contributed by atoms with Crippen molar-refractivity contribution in [3.8, 4) is 34.0 Å². The Balaban J connectivity index is 1.42. The van der Waals surface area contributed by atoms with E-state index in [0.29, 0.717) is 0 Å². The molecule has 0 fully saturated rings. The van der Waals surface area contributed by atoms with Crippen LogP contribution in [0.3, 0.4) is 0 Å². The van der Waals surface area contributed by atoms with Crippen molar-refractivity contribution >= 4 is 8.07 Å². The summed E-state index contributed by atoms with van der Waals surface area (Å²) in [6, 6.07) is 36.5. The lowest BCUT2D eigenvalue weighted by Crippen LogP contribution is -2.22. The summed E-state index contributed by atoms with van der Waals surface area (Å²) in [6.45, 7) is 16.2. The molecule has 0 radical (unpaired) electrons. The van der Waals surface area contributed by atoms with Crippen molar-refractivity contribution in [2.45, 2.75) is 71.0 Å². The Morgan fingerprint density at radius 2 is 1.00 bits per heavy atom. The molecule has 0 N–H and O–H groups in total. The van der Waals surface area contributed by atoms with Gasteiger partial charge in [0.25, 0.3) is 0 Å². The van der Waals surface area contributed by atoms with Gasteiger partial charge in [-0.25, -0.2) is 0 Å². The van der Waals surface area contributed by atoms with Gasteiger partial charge in [-0.15, -0.1) is 5.54 Å². The molecule has 44 heavy (non-hydrogen) atoms. The van der Waals surface area contributed by atoms with Crippen molar-refractivity contribution < 1.29 is 0 Å². The Labute approximate surface area is 265 Å². The highest BCUT2D eigenvalue weighted by Crippen LogP contribution is 2.32. The molecule has 222 valence electrons. The van der Waals surface area contributed by atoms with Crippen LogP contribution in [0.1, 0.15) is 55.5 Å². The smallest absolute Gasteiger partial charge is 0.129 e. The second kappa shape index (κ2) is 12.8. The van der Waals surface area contributed by atoms with Crippen LogP contribution in [-0.4, -0.2) is 18.0 Å². The molecule has 0 amide bonds. The summed E-state index contributed by atoms with van der Waals surface area (Å²) in [5, 5.41) is 0. The number of rotatable bonds is 8. The Morgan fingerprint density at radius 3 is 1.36 bits per heavy atom. The monoisotopic (exact) mass is 592 g/mol. The minimum Gasteiger partial charge on any atom is -0.256 e. The molecule has 3 aromatic carbocycles. The molecule has 3 heteroatoms. The number of hydrogen-bond donors (Lipinski definition) is 0. The lowest BCUT2D eigenvalue weighted by Gasteiger charge is -2.28. The highest BCUT2D eigenvalue weighted by Gasteiger charge is 2.25. The first-order valence-electron chi connectivity index (χ1n) is 15.6. The fourth-order valence-corrected chi connectivity index (χ4v) is 6.19. The maximum Gasteiger partial charge on any atom is 0.129 e. The van der Waals surface area contributed by atoms with Crippen LogP contribution in [0.5, 0.6) is 0 Å². The van der Waals surface area contributed by atoms with Crippen molar-refractivity contribution in [1.82, 2.24) is 9.97 Å². The molecular weight excluding hydrogens is 549 g/mol. The molecule has 2 aromatic heterocycles. The normalized spacial score (nSPS) is 12.0. The van der Waals surface area contributed by atoms with E-state index in [-0.39, 0.29) is 10.8 Å². The highest BCUT2D eigenvalue weighted by molar-refractivity contribution is 6.83. The quantitative estimate of drug-likeness (QED) is 0.132. The fraction of sp³-hybridized carbons (Fsp3) is 0.268. The van der Waals surface area contributed by atoms with Gasteiger partial charge in [0.15, 0.2) is 0 Å². The predicted octanol–water partition coefficient (Wildman–Crippen LogP) is 10.1. The van der Waals surface area contributed by atoms with E-state index in [0.717, 1.165) is 40.9 Å². The molecule has 0 aliphatic heterocycles. The number of pyridine rings is 2. The van der Waals surface area contributed by atoms with Crippen LogP contribution in [0.15, 0.2) is 116 Å². The third-order valence-electron chi connectivity index (χ3n) is 8.16. The topological polar surface area (TPSA) is 25.8 Å². The van der Waals surface area contributed by atoms with E-state index in [1.807, 2.05) is 24.5 Å². The zero-order valence-corrected chi connectivity index (χ0v) is 28.3. The number of benzene rings is 3. The second-order valence-electron chi connectivity index (χ2n) is 14.3. The number of nitrogens with zero attached hydrogens (tertiary/aromatic N) is 2. The molecule has 2 nitrogen and oxygen atoms in total. The first-order valence-corrected chi connectivity index (χ1v) is 19.1. The molecular formula is C41H44N2Si. The van der Waals surface area contributed by atoms with E-state index in [1.54, 1.807) is 0 Å². The van der Waals surface area contributed by atoms with E-state index < -0.39 is 8.07 Å². The summed E-state index contributed by atoms with van der Waals surface area (Å²) < 4.78 is 0. The molecule has 5 rings (SSSR count). The largest absolute Gasteiger partial charge is 0.256 e. The Bertz CT molecular complexity index is 1640. The van der Waals surface area contributed by atoms with Crippen LogP contribution in [0.2, 0.25) is 19.6 Å². The van der Waals surface area contributed by atoms with E-state index in [2.05, 4.69) is 150 Å². The molecule has 0 atom stereocenters. The maximum atomic E-state index is 4.83. The number of hydrogen-bond acceptors (Lipinski definition) is 2. The van der Waals surface area contributed by atoms with Gasteiger partial charge in [-0.3, -0.25) is 9.97 Å². The molecule has 2 heterocycles. The van der Waals surface area contributed by atoms with Gasteiger partial charge in [-0.05, 0) is 70.2 Å². The van der Waals surface area contributed by atoms with Crippen LogP contribution in [0, 0.1) is 11.5 Å². The summed E-state index contributed by atoms with van der Waals surface area (Å²) in [4.78, 5) is 9.66. The second-order valence-corrected chi connectivity index (χ2v) is 19.0. The van der Waals surface area contributed by atoms with Crippen molar-refractivity contribution in [3.63, 3.8) is 0 Å². The van der Waals surface area contributed by atoms with Crippen molar-refractivity contribution in [2.24, 2.45) is 0 Å². The highest BCUT2D eigenvalue weighted by atomic mass is 28.3. The van der Waals surface area contributed by atoms with Crippen LogP contribution >= 0.6 is 0 Å². The zero-order valence-electron chi connectivity index (χ0n) is 27.3. The first-order chi connectivity index (χ1) is 20.9. The Kier molecular flexibility index (Phi) is 9.04. The van der Waals surface area contributed by atoms with Gasteiger partial charge < -0.3 is 0 Å². The third kappa shape index (κ3) is 8.01. The first kappa shape index (κ1) is 31.2. The third-order valence-corrected chi connectivity index (χ3v) is 9.03. The lowest BCUT2D eigenvalue weighted by atomic mass is 9.77. The summed E-state index contributed by atoms with van der Waals surface area (Å²) >= 11 is 0. The van der Waals surface area contributed by atoms with E-state index in [9.17, 15) is 0 Å². The van der Waals surface area contributed by atoms with Crippen molar-refractivity contribution in [2.75, 3.05) is 0 Å². The maximum absolute atomic E-state index is 4.83. The van der Waals surface area contributed by atoms with Crippen LogP contribution in [-0.2, 0) is 23.7 Å². The molecule has 0 spiro atoms. The lowest BCUT2D eigenvalue weighted by molar-refractivity contribution is 0.513. The van der Waals surface area contributed by atoms with E-state index in [1.165, 1.54) is 22.3 Å². The minimum atomic E-state index is -1.52. The molecule has 0 bridgehead atoms. The number of aromatic nitrogens is 2. The molecule has 0 saturated heterocycles. The molecule has 0 saturated carbocycles. The summed E-state index contributed by atoms with van der Waals surface area (Å²) in [5.41, 5.74) is 13.9. The minimum absolute atomic E-state index is 0.0863. The van der Waals surface area contributed by atoms with Crippen LogP contribution in [0.25, 0.3) is 22.5 Å². The Hall–Kier alpha value is -4.26. The van der Waals surface area contributed by atoms with Crippen LogP contribution < -0.4 is 0 Å². The molecule has 5 aromatic rings.